The van der Waals surface area contributed by atoms with Crippen LogP contribution in [0.1, 0.15) is 29.3 Å². The molecule has 1 N–H and O–H groups in total. The maximum Gasteiger partial charge on any atom is 0.220 e. The van der Waals surface area contributed by atoms with Crippen molar-refractivity contribution in [3.05, 3.63) is 52.2 Å². The molecule has 20 heavy (non-hydrogen) atoms. The summed E-state index contributed by atoms with van der Waals surface area (Å²) in [5.41, 5.74) is 1.09. The molecule has 1 atom stereocenters. The molecule has 1 aliphatic heterocycles. The second-order valence-electron chi connectivity index (χ2n) is 4.87. The molecular weight excluding hydrogens is 270 g/mol. The lowest BCUT2D eigenvalue weighted by molar-refractivity contribution is -0.122. The summed E-state index contributed by atoms with van der Waals surface area (Å²) in [6.45, 7) is 0.660. The van der Waals surface area contributed by atoms with Crippen molar-refractivity contribution in [3.8, 4) is 5.75 Å². The maximum atomic E-state index is 12.1. The van der Waals surface area contributed by atoms with Crippen LogP contribution in [-0.2, 0) is 11.2 Å². The van der Waals surface area contributed by atoms with E-state index in [9.17, 15) is 4.79 Å². The number of para-hydroxylation sites is 1. The fourth-order valence-corrected chi connectivity index (χ4v) is 3.16. The van der Waals surface area contributed by atoms with E-state index in [1.54, 1.807) is 11.3 Å². The van der Waals surface area contributed by atoms with Crippen molar-refractivity contribution in [1.82, 2.24) is 5.32 Å². The van der Waals surface area contributed by atoms with E-state index < -0.39 is 0 Å². The van der Waals surface area contributed by atoms with Crippen LogP contribution in [0.25, 0.3) is 0 Å². The van der Waals surface area contributed by atoms with Gasteiger partial charge >= 0.3 is 0 Å². The molecule has 1 unspecified atom stereocenters. The molecule has 0 fully saturated rings. The average Bonchev–Trinajstić information content (AvgIpc) is 2.99. The number of hydrogen-bond acceptors (Lipinski definition) is 3. The van der Waals surface area contributed by atoms with Gasteiger partial charge in [0.05, 0.1) is 12.6 Å². The number of aryl methyl sites for hydroxylation is 1. The lowest BCUT2D eigenvalue weighted by Gasteiger charge is -2.26. The van der Waals surface area contributed by atoms with Gasteiger partial charge in [0.25, 0.3) is 0 Å². The number of rotatable bonds is 4. The Balaban J connectivity index is 1.59. The van der Waals surface area contributed by atoms with Crippen molar-refractivity contribution in [1.29, 1.82) is 0 Å². The highest BCUT2D eigenvalue weighted by molar-refractivity contribution is 7.09. The number of carbonyl (C=O) groups excluding carboxylic acids is 1. The lowest BCUT2D eigenvalue weighted by atomic mass is 10.0. The number of thiophene rings is 1. The van der Waals surface area contributed by atoms with Gasteiger partial charge in [-0.05, 0) is 23.9 Å². The van der Waals surface area contributed by atoms with Crippen LogP contribution in [0.5, 0.6) is 5.75 Å². The van der Waals surface area contributed by atoms with E-state index in [4.69, 9.17) is 4.74 Å². The van der Waals surface area contributed by atoms with Gasteiger partial charge in [0.2, 0.25) is 5.91 Å². The van der Waals surface area contributed by atoms with Crippen LogP contribution in [0.15, 0.2) is 41.8 Å². The normalized spacial score (nSPS) is 17.1. The van der Waals surface area contributed by atoms with Crippen LogP contribution in [-0.4, -0.2) is 12.5 Å². The Labute approximate surface area is 122 Å². The van der Waals surface area contributed by atoms with Gasteiger partial charge in [-0.15, -0.1) is 11.3 Å². The third-order valence-electron chi connectivity index (χ3n) is 3.47. The first-order valence-corrected chi connectivity index (χ1v) is 7.74. The van der Waals surface area contributed by atoms with Gasteiger partial charge in [-0.2, -0.15) is 0 Å². The first kappa shape index (κ1) is 13.2. The Kier molecular flexibility index (Phi) is 4.02. The maximum absolute atomic E-state index is 12.1. The Bertz CT molecular complexity index is 580. The molecular formula is C16H17NO2S. The molecule has 3 rings (SSSR count). The van der Waals surface area contributed by atoms with E-state index >= 15 is 0 Å². The third kappa shape index (κ3) is 3.02. The highest BCUT2D eigenvalue weighted by Crippen LogP contribution is 2.31. The quantitative estimate of drug-likeness (QED) is 0.937. The molecule has 1 aromatic carbocycles. The van der Waals surface area contributed by atoms with E-state index in [1.165, 1.54) is 4.88 Å². The largest absolute Gasteiger partial charge is 0.493 e. The molecule has 3 nitrogen and oxygen atoms in total. The van der Waals surface area contributed by atoms with Crippen LogP contribution < -0.4 is 10.1 Å². The zero-order valence-electron chi connectivity index (χ0n) is 11.2. The molecule has 4 heteroatoms. The van der Waals surface area contributed by atoms with Gasteiger partial charge in [0.1, 0.15) is 5.75 Å². The molecule has 0 bridgehead atoms. The highest BCUT2D eigenvalue weighted by Gasteiger charge is 2.22. The molecule has 2 heterocycles. The third-order valence-corrected chi connectivity index (χ3v) is 4.41. The Morgan fingerprint density at radius 1 is 1.30 bits per heavy atom. The monoisotopic (exact) mass is 287 g/mol. The average molecular weight is 287 g/mol. The fraction of sp³-hybridized carbons (Fsp3) is 0.312. The number of hydrogen-bond donors (Lipinski definition) is 1. The Hall–Kier alpha value is -1.81. The first-order valence-electron chi connectivity index (χ1n) is 6.86. The summed E-state index contributed by atoms with van der Waals surface area (Å²) in [4.78, 5) is 13.3. The van der Waals surface area contributed by atoms with Gasteiger partial charge in [-0.1, -0.05) is 24.3 Å². The Morgan fingerprint density at radius 2 is 2.20 bits per heavy atom. The number of carbonyl (C=O) groups is 1. The number of nitrogens with one attached hydrogen (secondary N) is 1. The number of fused-ring (bicyclic) bond motifs is 1. The minimum Gasteiger partial charge on any atom is -0.493 e. The molecule has 0 saturated heterocycles. The van der Waals surface area contributed by atoms with Crippen molar-refractivity contribution < 1.29 is 9.53 Å². The summed E-state index contributed by atoms with van der Waals surface area (Å²) in [5.74, 6) is 1.00. The summed E-state index contributed by atoms with van der Waals surface area (Å²) >= 11 is 1.70. The fourth-order valence-electron chi connectivity index (χ4n) is 2.45. The predicted molar refractivity (Wildman–Crippen MR) is 80.1 cm³/mol. The zero-order chi connectivity index (χ0) is 13.8. The predicted octanol–water partition coefficient (Wildman–Crippen LogP) is 3.32. The van der Waals surface area contributed by atoms with Crippen LogP contribution in [0.2, 0.25) is 0 Å². The second kappa shape index (κ2) is 6.09. The van der Waals surface area contributed by atoms with Crippen molar-refractivity contribution in [2.24, 2.45) is 0 Å². The molecule has 1 aromatic heterocycles. The van der Waals surface area contributed by atoms with Gasteiger partial charge in [0, 0.05) is 23.3 Å². The molecule has 1 aliphatic rings. The molecule has 0 radical (unpaired) electrons. The van der Waals surface area contributed by atoms with Gasteiger partial charge < -0.3 is 10.1 Å². The van der Waals surface area contributed by atoms with Crippen molar-refractivity contribution in [2.75, 3.05) is 6.61 Å². The molecule has 2 aromatic rings. The van der Waals surface area contributed by atoms with Gasteiger partial charge in [-0.25, -0.2) is 0 Å². The van der Waals surface area contributed by atoms with E-state index in [1.807, 2.05) is 35.7 Å². The van der Waals surface area contributed by atoms with Gasteiger partial charge in [0.15, 0.2) is 0 Å². The summed E-state index contributed by atoms with van der Waals surface area (Å²) in [7, 11) is 0. The van der Waals surface area contributed by atoms with Crippen LogP contribution in [0.3, 0.4) is 0 Å². The number of benzene rings is 1. The van der Waals surface area contributed by atoms with Crippen molar-refractivity contribution in [2.45, 2.75) is 25.3 Å². The summed E-state index contributed by atoms with van der Waals surface area (Å²) in [5, 5.41) is 5.17. The summed E-state index contributed by atoms with van der Waals surface area (Å²) in [6, 6.07) is 12.1. The van der Waals surface area contributed by atoms with E-state index in [2.05, 4.69) is 11.4 Å². The zero-order valence-corrected chi connectivity index (χ0v) is 12.0. The van der Waals surface area contributed by atoms with Crippen LogP contribution in [0.4, 0.5) is 0 Å². The van der Waals surface area contributed by atoms with Crippen LogP contribution >= 0.6 is 11.3 Å². The summed E-state index contributed by atoms with van der Waals surface area (Å²) < 4.78 is 5.60. The SMILES string of the molecule is O=C(CCc1cccs1)NC1CCOc2ccccc21. The first-order chi connectivity index (χ1) is 9.83. The number of amides is 1. The van der Waals surface area contributed by atoms with Crippen molar-refractivity contribution >= 4 is 17.2 Å². The molecule has 104 valence electrons. The standard InChI is InChI=1S/C16H17NO2S/c18-16(8-7-12-4-3-11-20-12)17-14-9-10-19-15-6-2-1-5-13(14)15/h1-6,11,14H,7-10H2,(H,17,18). The minimum atomic E-state index is 0.0794. The Morgan fingerprint density at radius 3 is 3.05 bits per heavy atom. The van der Waals surface area contributed by atoms with Crippen LogP contribution in [0, 0.1) is 0 Å². The minimum absolute atomic E-state index is 0.0794. The van der Waals surface area contributed by atoms with Gasteiger partial charge in [-0.3, -0.25) is 4.79 Å². The topological polar surface area (TPSA) is 38.3 Å². The summed E-state index contributed by atoms with van der Waals surface area (Å²) in [6.07, 6.45) is 2.19. The highest BCUT2D eigenvalue weighted by atomic mass is 32.1. The number of ether oxygens (including phenoxy) is 1. The molecule has 0 aliphatic carbocycles. The molecule has 1 amide bonds. The second-order valence-corrected chi connectivity index (χ2v) is 5.91. The van der Waals surface area contributed by atoms with E-state index in [0.29, 0.717) is 13.0 Å². The molecule has 0 saturated carbocycles. The van der Waals surface area contributed by atoms with Crippen molar-refractivity contribution in [3.63, 3.8) is 0 Å². The van der Waals surface area contributed by atoms with E-state index in [0.717, 1.165) is 24.2 Å². The lowest BCUT2D eigenvalue weighted by Crippen LogP contribution is -2.32. The smallest absolute Gasteiger partial charge is 0.220 e. The molecule has 0 spiro atoms. The van der Waals surface area contributed by atoms with E-state index in [-0.39, 0.29) is 11.9 Å².